The van der Waals surface area contributed by atoms with Crippen LogP contribution in [0.1, 0.15) is 22.5 Å². The summed E-state index contributed by atoms with van der Waals surface area (Å²) in [5, 5.41) is 4.92. The number of aromatic nitrogens is 2. The molecule has 4 nitrogen and oxygen atoms in total. The molecular weight excluding hydrogens is 342 g/mol. The van der Waals surface area contributed by atoms with Crippen LogP contribution in [0, 0.1) is 13.8 Å². The first-order chi connectivity index (χ1) is 9.43. The van der Waals surface area contributed by atoms with Crippen LogP contribution in [0.15, 0.2) is 16.6 Å². The molecule has 0 aliphatic rings. The van der Waals surface area contributed by atoms with Gasteiger partial charge in [0.2, 0.25) is 0 Å². The van der Waals surface area contributed by atoms with Crippen LogP contribution in [-0.4, -0.2) is 9.78 Å². The highest BCUT2D eigenvalue weighted by molar-refractivity contribution is 9.10. The van der Waals surface area contributed by atoms with Crippen LogP contribution >= 0.6 is 27.5 Å². The van der Waals surface area contributed by atoms with E-state index in [0.717, 1.165) is 32.7 Å². The third kappa shape index (κ3) is 3.00. The molecule has 0 aliphatic heterocycles. The minimum Gasteiger partial charge on any atom is -0.487 e. The van der Waals surface area contributed by atoms with Gasteiger partial charge in [-0.25, -0.2) is 0 Å². The molecule has 0 fully saturated rings. The lowest BCUT2D eigenvalue weighted by Crippen LogP contribution is -2.07. The Labute approximate surface area is 132 Å². The standard InChI is InChI=1S/C14H17BrClN3O/c1-8-4-11(15)5-10(6-17)14(8)20-7-12-13(16)9(2)18-19(12)3/h4-5H,6-7,17H2,1-3H3. The highest BCUT2D eigenvalue weighted by Crippen LogP contribution is 2.29. The molecule has 108 valence electrons. The van der Waals surface area contributed by atoms with E-state index in [1.54, 1.807) is 4.68 Å². The molecule has 0 saturated heterocycles. The molecule has 0 bridgehead atoms. The number of aryl methyl sites for hydroxylation is 3. The molecule has 2 aromatic rings. The van der Waals surface area contributed by atoms with Crippen molar-refractivity contribution >= 4 is 27.5 Å². The Morgan fingerprint density at radius 1 is 1.40 bits per heavy atom. The Bertz CT molecular complexity index is 640. The van der Waals surface area contributed by atoms with E-state index < -0.39 is 0 Å². The molecular formula is C14H17BrClN3O. The van der Waals surface area contributed by atoms with E-state index in [4.69, 9.17) is 22.1 Å². The molecule has 1 aromatic heterocycles. The smallest absolute Gasteiger partial charge is 0.131 e. The third-order valence-corrected chi connectivity index (χ3v) is 4.10. The van der Waals surface area contributed by atoms with Gasteiger partial charge in [0.05, 0.1) is 16.4 Å². The van der Waals surface area contributed by atoms with Gasteiger partial charge < -0.3 is 10.5 Å². The molecule has 2 N–H and O–H groups in total. The Hall–Kier alpha value is -1.04. The minimum absolute atomic E-state index is 0.367. The molecule has 0 atom stereocenters. The second kappa shape index (κ2) is 6.16. The summed E-state index contributed by atoms with van der Waals surface area (Å²) in [6.07, 6.45) is 0. The summed E-state index contributed by atoms with van der Waals surface area (Å²) in [5.41, 5.74) is 9.44. The van der Waals surface area contributed by atoms with E-state index in [0.29, 0.717) is 18.2 Å². The van der Waals surface area contributed by atoms with Gasteiger partial charge in [0.25, 0.3) is 0 Å². The van der Waals surface area contributed by atoms with Crippen molar-refractivity contribution in [2.75, 3.05) is 0 Å². The molecule has 0 radical (unpaired) electrons. The Morgan fingerprint density at radius 3 is 2.65 bits per heavy atom. The number of nitrogens with zero attached hydrogens (tertiary/aromatic N) is 2. The van der Waals surface area contributed by atoms with Gasteiger partial charge in [0.1, 0.15) is 12.4 Å². The second-order valence-electron chi connectivity index (χ2n) is 4.67. The van der Waals surface area contributed by atoms with Crippen LogP contribution in [0.4, 0.5) is 0 Å². The summed E-state index contributed by atoms with van der Waals surface area (Å²) < 4.78 is 8.67. The van der Waals surface area contributed by atoms with Crippen LogP contribution in [0.25, 0.3) is 0 Å². The van der Waals surface area contributed by atoms with E-state index in [-0.39, 0.29) is 0 Å². The van der Waals surface area contributed by atoms with Crippen LogP contribution < -0.4 is 10.5 Å². The monoisotopic (exact) mass is 357 g/mol. The predicted octanol–water partition coefficient (Wildman–Crippen LogP) is 3.49. The Morgan fingerprint density at radius 2 is 2.10 bits per heavy atom. The molecule has 1 heterocycles. The average Bonchev–Trinajstić information content (AvgIpc) is 2.62. The number of hydrogen-bond donors (Lipinski definition) is 1. The highest BCUT2D eigenvalue weighted by atomic mass is 79.9. The summed E-state index contributed by atoms with van der Waals surface area (Å²) in [6.45, 7) is 4.66. The minimum atomic E-state index is 0.367. The number of hydrogen-bond acceptors (Lipinski definition) is 3. The van der Waals surface area contributed by atoms with Crippen molar-refractivity contribution in [3.8, 4) is 5.75 Å². The average molecular weight is 359 g/mol. The van der Waals surface area contributed by atoms with E-state index >= 15 is 0 Å². The van der Waals surface area contributed by atoms with E-state index in [2.05, 4.69) is 21.0 Å². The van der Waals surface area contributed by atoms with Gasteiger partial charge in [-0.15, -0.1) is 0 Å². The van der Waals surface area contributed by atoms with Crippen molar-refractivity contribution in [1.29, 1.82) is 0 Å². The van der Waals surface area contributed by atoms with Crippen molar-refractivity contribution in [3.05, 3.63) is 44.1 Å². The number of ether oxygens (including phenoxy) is 1. The lowest BCUT2D eigenvalue weighted by Gasteiger charge is -2.14. The lowest BCUT2D eigenvalue weighted by molar-refractivity contribution is 0.290. The van der Waals surface area contributed by atoms with Gasteiger partial charge in [-0.05, 0) is 31.5 Å². The van der Waals surface area contributed by atoms with E-state index in [9.17, 15) is 0 Å². The maximum atomic E-state index is 6.22. The predicted molar refractivity (Wildman–Crippen MR) is 84.1 cm³/mol. The number of nitrogens with two attached hydrogens (primary N) is 1. The fourth-order valence-corrected chi connectivity index (χ4v) is 2.97. The quantitative estimate of drug-likeness (QED) is 0.910. The van der Waals surface area contributed by atoms with E-state index in [1.807, 2.05) is 33.0 Å². The number of benzene rings is 1. The number of halogens is 2. The largest absolute Gasteiger partial charge is 0.487 e. The zero-order valence-corrected chi connectivity index (χ0v) is 14.0. The zero-order valence-electron chi connectivity index (χ0n) is 11.7. The van der Waals surface area contributed by atoms with Crippen LogP contribution in [0.2, 0.25) is 5.02 Å². The molecule has 0 amide bonds. The van der Waals surface area contributed by atoms with Gasteiger partial charge in [-0.1, -0.05) is 27.5 Å². The van der Waals surface area contributed by atoms with Gasteiger partial charge >= 0.3 is 0 Å². The summed E-state index contributed by atoms with van der Waals surface area (Å²) in [7, 11) is 1.86. The molecule has 0 spiro atoms. The molecule has 0 saturated carbocycles. The Kier molecular flexibility index (Phi) is 4.73. The molecule has 1 aromatic carbocycles. The van der Waals surface area contributed by atoms with Crippen molar-refractivity contribution < 1.29 is 4.74 Å². The van der Waals surface area contributed by atoms with E-state index in [1.165, 1.54) is 0 Å². The van der Waals surface area contributed by atoms with Crippen LogP contribution in [-0.2, 0) is 20.2 Å². The first-order valence-corrected chi connectivity index (χ1v) is 7.41. The third-order valence-electron chi connectivity index (χ3n) is 3.15. The van der Waals surface area contributed by atoms with Crippen LogP contribution in [0.3, 0.4) is 0 Å². The SMILES string of the molecule is Cc1cc(Br)cc(CN)c1OCc1c(Cl)c(C)nn1C. The van der Waals surface area contributed by atoms with Crippen molar-refractivity contribution in [2.24, 2.45) is 12.8 Å². The fraction of sp³-hybridized carbons (Fsp3) is 0.357. The molecule has 0 aliphatic carbocycles. The first kappa shape index (κ1) is 15.4. The van der Waals surface area contributed by atoms with Gasteiger partial charge in [0.15, 0.2) is 0 Å². The Balaban J connectivity index is 2.27. The van der Waals surface area contributed by atoms with Crippen molar-refractivity contribution in [1.82, 2.24) is 9.78 Å². The van der Waals surface area contributed by atoms with Gasteiger partial charge in [-0.3, -0.25) is 4.68 Å². The lowest BCUT2D eigenvalue weighted by atomic mass is 10.1. The van der Waals surface area contributed by atoms with Gasteiger partial charge in [-0.2, -0.15) is 5.10 Å². The van der Waals surface area contributed by atoms with Gasteiger partial charge in [0, 0.05) is 23.6 Å². The summed E-state index contributed by atoms with van der Waals surface area (Å²) in [6, 6.07) is 3.98. The van der Waals surface area contributed by atoms with Crippen molar-refractivity contribution in [3.63, 3.8) is 0 Å². The van der Waals surface area contributed by atoms with Crippen LogP contribution in [0.5, 0.6) is 5.75 Å². The fourth-order valence-electron chi connectivity index (χ4n) is 2.13. The first-order valence-electron chi connectivity index (χ1n) is 6.24. The summed E-state index contributed by atoms with van der Waals surface area (Å²) in [5.74, 6) is 0.811. The number of rotatable bonds is 4. The molecule has 0 unspecified atom stereocenters. The maximum Gasteiger partial charge on any atom is 0.131 e. The maximum absolute atomic E-state index is 6.22. The molecule has 2 rings (SSSR count). The normalized spacial score (nSPS) is 10.9. The second-order valence-corrected chi connectivity index (χ2v) is 5.97. The summed E-state index contributed by atoms with van der Waals surface area (Å²) >= 11 is 9.69. The zero-order chi connectivity index (χ0) is 14.9. The van der Waals surface area contributed by atoms with Crippen molar-refractivity contribution in [2.45, 2.75) is 27.0 Å². The molecule has 20 heavy (non-hydrogen) atoms. The summed E-state index contributed by atoms with van der Waals surface area (Å²) in [4.78, 5) is 0. The topological polar surface area (TPSA) is 53.1 Å². The highest BCUT2D eigenvalue weighted by Gasteiger charge is 2.14. The molecule has 6 heteroatoms.